The van der Waals surface area contributed by atoms with Gasteiger partial charge in [0.25, 0.3) is 0 Å². The first-order valence-electron chi connectivity index (χ1n) is 10.3. The standard InChI is InChI=1S/C20H24N8OS/c21-6-2-7-27-14-4-5-15(27)10-13(9-14)23-19-24-18(17-3-1-8-28(17)26-19)25-20-22-11-16(12-29)30-20/h1,3,8,11,13-15,29H,2,4-5,7,9-10,12H2,(H2,22,23,24,25,26)/t13?,14-,15?/m0/s1. The first-order chi connectivity index (χ1) is 14.7. The minimum atomic E-state index is -0.0220. The lowest BCUT2D eigenvalue weighted by Gasteiger charge is -2.38. The van der Waals surface area contributed by atoms with Crippen molar-refractivity contribution in [1.29, 1.82) is 5.26 Å². The van der Waals surface area contributed by atoms with Crippen LogP contribution in [0, 0.1) is 11.3 Å². The number of hydrogen-bond acceptors (Lipinski definition) is 9. The number of aromatic nitrogens is 4. The quantitative estimate of drug-likeness (QED) is 0.530. The second kappa shape index (κ2) is 8.18. The van der Waals surface area contributed by atoms with E-state index in [1.54, 1.807) is 6.20 Å². The van der Waals surface area contributed by atoms with Crippen LogP contribution in [0.4, 0.5) is 16.9 Å². The molecular formula is C20H24N8OS. The lowest BCUT2D eigenvalue weighted by Crippen LogP contribution is -2.47. The average molecular weight is 425 g/mol. The van der Waals surface area contributed by atoms with E-state index < -0.39 is 0 Å². The molecule has 156 valence electrons. The zero-order valence-corrected chi connectivity index (χ0v) is 17.3. The lowest BCUT2D eigenvalue weighted by molar-refractivity contribution is 0.135. The first kappa shape index (κ1) is 19.2. The minimum absolute atomic E-state index is 0.0220. The van der Waals surface area contributed by atoms with Crippen LogP contribution in [0.25, 0.3) is 5.52 Å². The Kier molecular flexibility index (Phi) is 5.25. The minimum Gasteiger partial charge on any atom is -0.391 e. The summed E-state index contributed by atoms with van der Waals surface area (Å²) in [6.45, 7) is 0.855. The smallest absolute Gasteiger partial charge is 0.243 e. The second-order valence-electron chi connectivity index (χ2n) is 7.88. The summed E-state index contributed by atoms with van der Waals surface area (Å²) in [6.07, 6.45) is 8.67. The van der Waals surface area contributed by atoms with Gasteiger partial charge in [0.05, 0.1) is 17.6 Å². The molecule has 3 atom stereocenters. The number of nitrogens with zero attached hydrogens (tertiary/aromatic N) is 6. The van der Waals surface area contributed by atoms with Crippen LogP contribution in [0.5, 0.6) is 0 Å². The summed E-state index contributed by atoms with van der Waals surface area (Å²) < 4.78 is 1.81. The van der Waals surface area contributed by atoms with E-state index in [9.17, 15) is 5.11 Å². The van der Waals surface area contributed by atoms with Crippen molar-refractivity contribution in [2.45, 2.75) is 56.8 Å². The highest BCUT2D eigenvalue weighted by atomic mass is 32.1. The average Bonchev–Trinajstić information content (AvgIpc) is 3.45. The van der Waals surface area contributed by atoms with Crippen molar-refractivity contribution in [3.63, 3.8) is 0 Å². The maximum Gasteiger partial charge on any atom is 0.243 e. The molecule has 2 fully saturated rings. The Balaban J connectivity index is 1.33. The molecule has 2 aliphatic heterocycles. The topological polar surface area (TPSA) is 114 Å². The molecule has 2 unspecified atom stereocenters. The molecule has 0 amide bonds. The second-order valence-corrected chi connectivity index (χ2v) is 9.00. The Morgan fingerprint density at radius 3 is 2.87 bits per heavy atom. The van der Waals surface area contributed by atoms with E-state index in [1.165, 1.54) is 24.2 Å². The summed E-state index contributed by atoms with van der Waals surface area (Å²) >= 11 is 1.41. The van der Waals surface area contributed by atoms with Gasteiger partial charge in [0.15, 0.2) is 10.9 Å². The summed E-state index contributed by atoms with van der Waals surface area (Å²) in [4.78, 5) is 12.4. The van der Waals surface area contributed by atoms with Crippen molar-refractivity contribution in [2.75, 3.05) is 17.2 Å². The highest BCUT2D eigenvalue weighted by Crippen LogP contribution is 2.36. The summed E-state index contributed by atoms with van der Waals surface area (Å²) in [7, 11) is 0. The molecule has 10 heteroatoms. The summed E-state index contributed by atoms with van der Waals surface area (Å²) in [5.41, 5.74) is 0.868. The Hall–Kier alpha value is -2.74. The van der Waals surface area contributed by atoms with Crippen LogP contribution in [0.3, 0.4) is 0 Å². The van der Waals surface area contributed by atoms with Gasteiger partial charge in [0, 0.05) is 43.5 Å². The zero-order valence-electron chi connectivity index (χ0n) is 16.5. The van der Waals surface area contributed by atoms with E-state index in [0.717, 1.165) is 29.8 Å². The first-order valence-corrected chi connectivity index (χ1v) is 11.1. The van der Waals surface area contributed by atoms with Crippen molar-refractivity contribution in [2.24, 2.45) is 0 Å². The SMILES string of the molecule is N#CCCN1C2CC[C@H]1CC(Nc1nc(Nc3ncc(CO)s3)c3cccn3n1)C2. The van der Waals surface area contributed by atoms with E-state index in [1.807, 2.05) is 22.8 Å². The number of hydrogen-bond donors (Lipinski definition) is 3. The highest BCUT2D eigenvalue weighted by Gasteiger charge is 2.40. The Bertz CT molecular complexity index is 1060. The largest absolute Gasteiger partial charge is 0.391 e. The van der Waals surface area contributed by atoms with Crippen molar-refractivity contribution < 1.29 is 5.11 Å². The van der Waals surface area contributed by atoms with Crippen LogP contribution in [-0.4, -0.2) is 54.3 Å². The van der Waals surface area contributed by atoms with E-state index in [-0.39, 0.29) is 6.61 Å². The molecule has 0 aromatic carbocycles. The molecule has 2 saturated heterocycles. The predicted molar refractivity (Wildman–Crippen MR) is 115 cm³/mol. The van der Waals surface area contributed by atoms with E-state index >= 15 is 0 Å². The van der Waals surface area contributed by atoms with Gasteiger partial charge < -0.3 is 15.7 Å². The van der Waals surface area contributed by atoms with Gasteiger partial charge in [-0.3, -0.25) is 4.90 Å². The zero-order chi connectivity index (χ0) is 20.5. The van der Waals surface area contributed by atoms with Crippen LogP contribution in [0.2, 0.25) is 0 Å². The third-order valence-electron chi connectivity index (χ3n) is 6.03. The maximum atomic E-state index is 9.28. The molecule has 5 rings (SSSR count). The van der Waals surface area contributed by atoms with Gasteiger partial charge in [-0.05, 0) is 37.8 Å². The molecule has 3 N–H and O–H groups in total. The molecule has 0 aliphatic carbocycles. The van der Waals surface area contributed by atoms with Gasteiger partial charge in [-0.15, -0.1) is 5.10 Å². The number of thiazole rings is 1. The predicted octanol–water partition coefficient (Wildman–Crippen LogP) is 2.74. The van der Waals surface area contributed by atoms with Crippen molar-refractivity contribution in [1.82, 2.24) is 24.5 Å². The van der Waals surface area contributed by atoms with Gasteiger partial charge in [0.2, 0.25) is 5.95 Å². The molecule has 30 heavy (non-hydrogen) atoms. The number of nitrogens with one attached hydrogen (secondary N) is 2. The van der Waals surface area contributed by atoms with Crippen LogP contribution in [-0.2, 0) is 6.61 Å². The van der Waals surface area contributed by atoms with Crippen LogP contribution in [0.1, 0.15) is 37.0 Å². The van der Waals surface area contributed by atoms with Crippen LogP contribution < -0.4 is 10.6 Å². The number of anilines is 3. The fraction of sp³-hybridized carbons (Fsp3) is 0.500. The van der Waals surface area contributed by atoms with Gasteiger partial charge in [-0.2, -0.15) is 10.2 Å². The summed E-state index contributed by atoms with van der Waals surface area (Å²) in [5.74, 6) is 1.28. The van der Waals surface area contributed by atoms with Crippen molar-refractivity contribution >= 4 is 33.8 Å². The normalized spacial score (nSPS) is 23.5. The number of piperidine rings is 1. The van der Waals surface area contributed by atoms with Crippen LogP contribution in [0.15, 0.2) is 24.5 Å². The molecule has 0 saturated carbocycles. The number of aliphatic hydroxyl groups excluding tert-OH is 1. The van der Waals surface area contributed by atoms with Crippen molar-refractivity contribution in [3.8, 4) is 6.07 Å². The third-order valence-corrected chi connectivity index (χ3v) is 6.92. The van der Waals surface area contributed by atoms with Gasteiger partial charge in [-0.1, -0.05) is 11.3 Å². The molecule has 9 nitrogen and oxygen atoms in total. The molecular weight excluding hydrogens is 400 g/mol. The molecule has 0 radical (unpaired) electrons. The summed E-state index contributed by atoms with van der Waals surface area (Å²) in [5, 5.41) is 30.3. The van der Waals surface area contributed by atoms with Gasteiger partial charge >= 0.3 is 0 Å². The fourth-order valence-corrected chi connectivity index (χ4v) is 5.42. The van der Waals surface area contributed by atoms with Crippen molar-refractivity contribution in [3.05, 3.63) is 29.4 Å². The number of nitriles is 1. The van der Waals surface area contributed by atoms with Crippen LogP contribution >= 0.6 is 11.3 Å². The molecule has 3 aromatic rings. The molecule has 3 aromatic heterocycles. The monoisotopic (exact) mass is 424 g/mol. The Morgan fingerprint density at radius 1 is 1.30 bits per heavy atom. The summed E-state index contributed by atoms with van der Waals surface area (Å²) in [6, 6.07) is 7.57. The molecule has 2 aliphatic rings. The maximum absolute atomic E-state index is 9.28. The van der Waals surface area contributed by atoms with E-state index in [4.69, 9.17) is 10.2 Å². The Labute approximate surface area is 178 Å². The Morgan fingerprint density at radius 2 is 2.13 bits per heavy atom. The number of aliphatic hydroxyl groups is 1. The fourth-order valence-electron chi connectivity index (χ4n) is 4.75. The van der Waals surface area contributed by atoms with E-state index in [0.29, 0.717) is 41.4 Å². The van der Waals surface area contributed by atoms with E-state index in [2.05, 4.69) is 31.7 Å². The molecule has 5 heterocycles. The molecule has 2 bridgehead atoms. The highest BCUT2D eigenvalue weighted by molar-refractivity contribution is 7.15. The third kappa shape index (κ3) is 3.71. The molecule has 0 spiro atoms. The lowest BCUT2D eigenvalue weighted by atomic mass is 9.97. The van der Waals surface area contributed by atoms with Gasteiger partial charge in [-0.25, -0.2) is 9.50 Å². The van der Waals surface area contributed by atoms with Gasteiger partial charge in [0.1, 0.15) is 5.52 Å². The number of fused-ring (bicyclic) bond motifs is 3. The number of rotatable bonds is 7.